The van der Waals surface area contributed by atoms with Gasteiger partial charge in [-0.1, -0.05) is 26.7 Å². The van der Waals surface area contributed by atoms with Gasteiger partial charge in [0, 0.05) is 7.05 Å². The minimum absolute atomic E-state index is 0.190. The fourth-order valence-corrected chi connectivity index (χ4v) is 3.31. The number of carbonyl (C=O) groups excluding carboxylic acids is 2. The van der Waals surface area contributed by atoms with Crippen LogP contribution in [-0.4, -0.2) is 34.3 Å². The first kappa shape index (κ1) is 17.5. The molecule has 2 rings (SSSR count). The average Bonchev–Trinajstić information content (AvgIpc) is 2.89. The third-order valence-corrected chi connectivity index (χ3v) is 4.82. The van der Waals surface area contributed by atoms with Crippen LogP contribution in [0.2, 0.25) is 0 Å². The van der Waals surface area contributed by atoms with Crippen LogP contribution in [-0.2, 0) is 16.6 Å². The summed E-state index contributed by atoms with van der Waals surface area (Å²) in [7, 11) is 3.16. The Hall–Kier alpha value is -1.85. The predicted octanol–water partition coefficient (Wildman–Crippen LogP) is 2.40. The van der Waals surface area contributed by atoms with Crippen molar-refractivity contribution in [1.29, 1.82) is 0 Å². The van der Waals surface area contributed by atoms with Gasteiger partial charge >= 0.3 is 5.97 Å². The van der Waals surface area contributed by atoms with Gasteiger partial charge in [0.15, 0.2) is 0 Å². The molecular formula is C17H27N3O3. The molecule has 0 saturated heterocycles. The molecule has 0 spiro atoms. The third kappa shape index (κ3) is 3.57. The minimum Gasteiger partial charge on any atom is -0.469 e. The van der Waals surface area contributed by atoms with Gasteiger partial charge in [0.05, 0.1) is 24.3 Å². The van der Waals surface area contributed by atoms with Gasteiger partial charge in [-0.3, -0.25) is 14.3 Å². The molecule has 2 atom stereocenters. The normalized spacial score (nSPS) is 24.5. The number of methoxy groups -OCH3 is 1. The van der Waals surface area contributed by atoms with Crippen molar-refractivity contribution in [3.05, 3.63) is 17.5 Å². The molecule has 6 heteroatoms. The highest BCUT2D eigenvalue weighted by Crippen LogP contribution is 2.34. The number of ether oxygens (including phenoxy) is 1. The number of amides is 1. The Bertz CT molecular complexity index is 594. The summed E-state index contributed by atoms with van der Waals surface area (Å²) >= 11 is 0. The van der Waals surface area contributed by atoms with Crippen LogP contribution in [0.4, 0.5) is 0 Å². The minimum atomic E-state index is -0.579. The molecule has 0 aliphatic heterocycles. The smallest absolute Gasteiger partial charge is 0.311 e. The highest BCUT2D eigenvalue weighted by Gasteiger charge is 2.43. The van der Waals surface area contributed by atoms with E-state index in [-0.39, 0.29) is 23.7 Å². The van der Waals surface area contributed by atoms with E-state index in [1.54, 1.807) is 11.7 Å². The molecule has 1 amide bonds. The zero-order chi connectivity index (χ0) is 17.2. The fraction of sp³-hybridized carbons (Fsp3) is 0.706. The van der Waals surface area contributed by atoms with Gasteiger partial charge < -0.3 is 10.1 Å². The van der Waals surface area contributed by atoms with E-state index in [0.29, 0.717) is 5.69 Å². The Kier molecular flexibility index (Phi) is 5.12. The molecule has 23 heavy (non-hydrogen) atoms. The maximum Gasteiger partial charge on any atom is 0.311 e. The molecule has 1 saturated carbocycles. The lowest BCUT2D eigenvalue weighted by Crippen LogP contribution is -2.55. The second-order valence-corrected chi connectivity index (χ2v) is 6.93. The van der Waals surface area contributed by atoms with Gasteiger partial charge in [-0.05, 0) is 31.7 Å². The molecule has 1 aliphatic carbocycles. The number of nitrogens with zero attached hydrogens (tertiary/aromatic N) is 2. The molecule has 0 radical (unpaired) electrons. The van der Waals surface area contributed by atoms with Gasteiger partial charge in [-0.15, -0.1) is 0 Å². The summed E-state index contributed by atoms with van der Waals surface area (Å²) in [5, 5.41) is 7.45. The van der Waals surface area contributed by atoms with Crippen molar-refractivity contribution >= 4 is 11.9 Å². The van der Waals surface area contributed by atoms with E-state index in [1.807, 2.05) is 26.8 Å². The maximum absolute atomic E-state index is 12.7. The monoisotopic (exact) mass is 321 g/mol. The zero-order valence-electron chi connectivity index (χ0n) is 14.7. The van der Waals surface area contributed by atoms with E-state index < -0.39 is 5.54 Å². The van der Waals surface area contributed by atoms with E-state index >= 15 is 0 Å². The van der Waals surface area contributed by atoms with Crippen molar-refractivity contribution in [3.63, 3.8) is 0 Å². The summed E-state index contributed by atoms with van der Waals surface area (Å²) in [5.41, 5.74) is 0.824. The highest BCUT2D eigenvalue weighted by atomic mass is 16.5. The van der Waals surface area contributed by atoms with Gasteiger partial charge in [-0.2, -0.15) is 5.10 Å². The SMILES string of the molecule is COC(=O)[C@H]1CCCC[C@]1(C)NC(=O)c1cc(C(C)C)nn1C. The first-order valence-corrected chi connectivity index (χ1v) is 8.22. The van der Waals surface area contributed by atoms with Crippen LogP contribution in [0.15, 0.2) is 6.07 Å². The lowest BCUT2D eigenvalue weighted by molar-refractivity contribution is -0.149. The van der Waals surface area contributed by atoms with E-state index in [9.17, 15) is 9.59 Å². The molecule has 6 nitrogen and oxygen atoms in total. The van der Waals surface area contributed by atoms with Crippen LogP contribution in [0, 0.1) is 5.92 Å². The number of aromatic nitrogens is 2. The second kappa shape index (κ2) is 6.72. The Morgan fingerprint density at radius 1 is 1.43 bits per heavy atom. The molecule has 1 N–H and O–H groups in total. The lowest BCUT2D eigenvalue weighted by atomic mass is 9.73. The number of carbonyl (C=O) groups is 2. The van der Waals surface area contributed by atoms with Gasteiger partial charge in [0.25, 0.3) is 5.91 Å². The topological polar surface area (TPSA) is 73.2 Å². The number of aryl methyl sites for hydroxylation is 1. The second-order valence-electron chi connectivity index (χ2n) is 6.93. The van der Waals surface area contributed by atoms with Gasteiger partial charge in [0.1, 0.15) is 5.69 Å². The highest BCUT2D eigenvalue weighted by molar-refractivity contribution is 5.93. The summed E-state index contributed by atoms with van der Waals surface area (Å²) in [6.45, 7) is 6.02. The van der Waals surface area contributed by atoms with Crippen molar-refractivity contribution < 1.29 is 14.3 Å². The molecule has 0 unspecified atom stereocenters. The van der Waals surface area contributed by atoms with Gasteiger partial charge in [-0.25, -0.2) is 0 Å². The van der Waals surface area contributed by atoms with E-state index in [0.717, 1.165) is 31.4 Å². The predicted molar refractivity (Wildman–Crippen MR) is 87.1 cm³/mol. The lowest BCUT2D eigenvalue weighted by Gasteiger charge is -2.40. The number of rotatable bonds is 4. The molecular weight excluding hydrogens is 294 g/mol. The number of hydrogen-bond donors (Lipinski definition) is 1. The van der Waals surface area contributed by atoms with Crippen molar-refractivity contribution in [1.82, 2.24) is 15.1 Å². The van der Waals surface area contributed by atoms with Crippen LogP contribution in [0.5, 0.6) is 0 Å². The Morgan fingerprint density at radius 2 is 2.13 bits per heavy atom. The van der Waals surface area contributed by atoms with Gasteiger partial charge in [0.2, 0.25) is 0 Å². The van der Waals surface area contributed by atoms with Crippen LogP contribution in [0.3, 0.4) is 0 Å². The summed E-state index contributed by atoms with van der Waals surface area (Å²) in [6.07, 6.45) is 3.49. The molecule has 1 heterocycles. The maximum atomic E-state index is 12.7. The molecule has 128 valence electrons. The third-order valence-electron chi connectivity index (χ3n) is 4.82. The van der Waals surface area contributed by atoms with E-state index in [2.05, 4.69) is 10.4 Å². The summed E-state index contributed by atoms with van der Waals surface area (Å²) in [6, 6.07) is 1.82. The van der Waals surface area contributed by atoms with Crippen molar-refractivity contribution in [2.75, 3.05) is 7.11 Å². The standard InChI is InChI=1S/C17H27N3O3/c1-11(2)13-10-14(20(4)19-13)15(21)18-17(3)9-7-6-8-12(17)16(22)23-5/h10-12H,6-9H2,1-5H3,(H,18,21)/t12-,17+/m1/s1. The van der Waals surface area contributed by atoms with Crippen molar-refractivity contribution in [2.45, 2.75) is 57.9 Å². The first-order chi connectivity index (χ1) is 10.8. The Balaban J connectivity index is 2.21. The van der Waals surface area contributed by atoms with E-state index in [1.165, 1.54) is 7.11 Å². The molecule has 0 bridgehead atoms. The van der Waals surface area contributed by atoms with E-state index in [4.69, 9.17) is 4.74 Å². The number of hydrogen-bond acceptors (Lipinski definition) is 4. The molecule has 0 aromatic carbocycles. The zero-order valence-corrected chi connectivity index (χ0v) is 14.7. The number of nitrogens with one attached hydrogen (secondary N) is 1. The number of esters is 1. The molecule has 1 aromatic rings. The average molecular weight is 321 g/mol. The summed E-state index contributed by atoms with van der Waals surface area (Å²) in [4.78, 5) is 24.8. The molecule has 1 aliphatic rings. The van der Waals surface area contributed by atoms with Crippen LogP contribution in [0.25, 0.3) is 0 Å². The molecule has 1 fully saturated rings. The Morgan fingerprint density at radius 3 is 2.70 bits per heavy atom. The van der Waals surface area contributed by atoms with Crippen molar-refractivity contribution in [2.24, 2.45) is 13.0 Å². The fourth-order valence-electron chi connectivity index (χ4n) is 3.31. The van der Waals surface area contributed by atoms with Crippen LogP contribution in [0.1, 0.15) is 68.6 Å². The summed E-state index contributed by atoms with van der Waals surface area (Å²) < 4.78 is 6.53. The first-order valence-electron chi connectivity index (χ1n) is 8.22. The summed E-state index contributed by atoms with van der Waals surface area (Å²) in [5.74, 6) is -0.482. The van der Waals surface area contributed by atoms with Crippen molar-refractivity contribution in [3.8, 4) is 0 Å². The Labute approximate surface area is 137 Å². The van der Waals surface area contributed by atoms with Crippen LogP contribution >= 0.6 is 0 Å². The largest absolute Gasteiger partial charge is 0.469 e. The quantitative estimate of drug-likeness (QED) is 0.864. The van der Waals surface area contributed by atoms with Crippen LogP contribution < -0.4 is 5.32 Å². The molecule has 1 aromatic heterocycles.